The van der Waals surface area contributed by atoms with E-state index in [9.17, 15) is 4.79 Å². The Kier molecular flexibility index (Phi) is 7.79. The van der Waals surface area contributed by atoms with E-state index < -0.39 is 0 Å². The lowest BCUT2D eigenvalue weighted by molar-refractivity contribution is -0.145. The molecule has 37 heavy (non-hydrogen) atoms. The summed E-state index contributed by atoms with van der Waals surface area (Å²) < 4.78 is 11.5. The summed E-state index contributed by atoms with van der Waals surface area (Å²) in [4.78, 5) is 18.1. The smallest absolute Gasteiger partial charge is 0.228 e. The Labute approximate surface area is 219 Å². The molecule has 1 amide bonds. The molecule has 7 nitrogen and oxygen atoms in total. The second-order valence-corrected chi connectivity index (χ2v) is 10.4. The molecule has 196 valence electrons. The molecule has 2 aromatic carbocycles. The largest absolute Gasteiger partial charge is 0.497 e. The minimum atomic E-state index is -0.282. The Bertz CT molecular complexity index is 1200. The molecule has 0 radical (unpaired) electrons. The van der Waals surface area contributed by atoms with E-state index in [2.05, 4.69) is 33.3 Å². The zero-order chi connectivity index (χ0) is 25.7. The predicted octanol–water partition coefficient (Wildman–Crippen LogP) is 4.93. The summed E-state index contributed by atoms with van der Waals surface area (Å²) in [6.07, 6.45) is 7.77. The number of ether oxygens (including phenoxy) is 2. The fourth-order valence-electron chi connectivity index (χ4n) is 5.84. The Hall–Kier alpha value is -3.32. The molecule has 1 saturated heterocycles. The van der Waals surface area contributed by atoms with E-state index in [1.807, 2.05) is 48.5 Å². The van der Waals surface area contributed by atoms with Crippen molar-refractivity contribution in [3.8, 4) is 22.8 Å². The van der Waals surface area contributed by atoms with Crippen LogP contribution >= 0.6 is 0 Å². The number of benzene rings is 2. The Morgan fingerprint density at radius 2 is 1.89 bits per heavy atom. The quantitative estimate of drug-likeness (QED) is 0.548. The number of H-pyrrole nitrogens is 1. The predicted molar refractivity (Wildman–Crippen MR) is 145 cm³/mol. The number of nitrogens with zero attached hydrogens (tertiary/aromatic N) is 3. The lowest BCUT2D eigenvalue weighted by Gasteiger charge is -2.43. The van der Waals surface area contributed by atoms with E-state index in [0.29, 0.717) is 13.2 Å². The molecule has 0 saturated carbocycles. The third kappa shape index (κ3) is 5.67. The third-order valence-electron chi connectivity index (χ3n) is 8.09. The lowest BCUT2D eigenvalue weighted by Crippen LogP contribution is -2.50. The van der Waals surface area contributed by atoms with Crippen molar-refractivity contribution in [1.29, 1.82) is 0 Å². The average Bonchev–Trinajstić information content (AvgIpc) is 3.40. The Morgan fingerprint density at radius 1 is 1.05 bits per heavy atom. The summed E-state index contributed by atoms with van der Waals surface area (Å²) in [6.45, 7) is 3.75. The number of aromatic amines is 1. The Morgan fingerprint density at radius 3 is 2.73 bits per heavy atom. The maximum atomic E-state index is 13.7. The van der Waals surface area contributed by atoms with Crippen molar-refractivity contribution in [2.75, 3.05) is 40.4 Å². The number of piperidine rings is 1. The van der Waals surface area contributed by atoms with E-state index in [0.717, 1.165) is 80.9 Å². The molecule has 7 heteroatoms. The highest BCUT2D eigenvalue weighted by Gasteiger charge is 2.42. The third-order valence-corrected chi connectivity index (χ3v) is 8.09. The van der Waals surface area contributed by atoms with Gasteiger partial charge in [-0.15, -0.1) is 0 Å². The van der Waals surface area contributed by atoms with Crippen molar-refractivity contribution in [3.05, 3.63) is 65.9 Å². The fraction of sp³-hybridized carbons (Fsp3) is 0.467. The summed E-state index contributed by atoms with van der Waals surface area (Å²) in [5.74, 6) is 2.07. The van der Waals surface area contributed by atoms with Gasteiger partial charge in [0, 0.05) is 24.7 Å². The normalized spacial score (nSPS) is 19.0. The molecule has 0 aliphatic carbocycles. The first kappa shape index (κ1) is 25.3. The van der Waals surface area contributed by atoms with Crippen molar-refractivity contribution in [2.45, 2.75) is 45.1 Å². The number of aromatic nitrogens is 2. The van der Waals surface area contributed by atoms with Gasteiger partial charge in [-0.1, -0.05) is 36.8 Å². The van der Waals surface area contributed by atoms with Gasteiger partial charge in [-0.2, -0.15) is 5.10 Å². The number of hydrogen-bond acceptors (Lipinski definition) is 5. The summed E-state index contributed by atoms with van der Waals surface area (Å²) in [7, 11) is 3.62. The molecule has 2 aliphatic rings. The highest BCUT2D eigenvalue weighted by Crippen LogP contribution is 2.40. The SMILES string of the molecule is COc1cccc(-c2[nH]ncc2CN2CCC3(CCCCc4ccccc4OCCN(C)C3=O)CC2)c1. The highest BCUT2D eigenvalue weighted by atomic mass is 16.5. The van der Waals surface area contributed by atoms with Gasteiger partial charge in [0.15, 0.2) is 0 Å². The first-order valence-electron chi connectivity index (χ1n) is 13.4. The standard InChI is InChI=1S/C30H38N4O3/c1-33-18-19-37-27-12-4-3-8-23(27)9-5-6-13-30(29(33)35)14-16-34(17-15-30)22-25-21-31-32-28(25)24-10-7-11-26(20-24)36-2/h3-4,7-8,10-12,20-21H,5-6,9,13-19,22H2,1-2H3,(H,31,32). The molecular formula is C30H38N4O3. The first-order chi connectivity index (χ1) is 18.1. The highest BCUT2D eigenvalue weighted by molar-refractivity contribution is 5.82. The lowest BCUT2D eigenvalue weighted by atomic mass is 9.73. The summed E-state index contributed by atoms with van der Waals surface area (Å²) in [5.41, 5.74) is 4.26. The monoisotopic (exact) mass is 502 g/mol. The molecule has 0 unspecified atom stereocenters. The number of amides is 1. The van der Waals surface area contributed by atoms with Crippen LogP contribution in [0.25, 0.3) is 11.3 Å². The number of para-hydroxylation sites is 1. The minimum absolute atomic E-state index is 0.282. The van der Waals surface area contributed by atoms with Crippen LogP contribution in [0.4, 0.5) is 0 Å². The molecule has 3 aromatic rings. The molecule has 1 spiro atoms. The van der Waals surface area contributed by atoms with Gasteiger partial charge >= 0.3 is 0 Å². The van der Waals surface area contributed by atoms with Crippen molar-refractivity contribution in [3.63, 3.8) is 0 Å². The molecule has 3 heterocycles. The number of carbonyl (C=O) groups is 1. The molecule has 1 aromatic heterocycles. The first-order valence-corrected chi connectivity index (χ1v) is 13.4. The average molecular weight is 503 g/mol. The van der Waals surface area contributed by atoms with Crippen LogP contribution < -0.4 is 9.47 Å². The van der Waals surface area contributed by atoms with Gasteiger partial charge in [0.2, 0.25) is 5.91 Å². The Balaban J connectivity index is 1.25. The number of nitrogens with one attached hydrogen (secondary N) is 1. The van der Waals surface area contributed by atoms with Gasteiger partial charge in [0.05, 0.1) is 31.0 Å². The van der Waals surface area contributed by atoms with Crippen LogP contribution in [0.3, 0.4) is 0 Å². The summed E-state index contributed by atoms with van der Waals surface area (Å²) >= 11 is 0. The number of likely N-dealkylation sites (tertiary alicyclic amines) is 1. The van der Waals surface area contributed by atoms with Crippen LogP contribution in [-0.4, -0.2) is 66.3 Å². The maximum Gasteiger partial charge on any atom is 0.228 e. The van der Waals surface area contributed by atoms with Crippen LogP contribution in [0, 0.1) is 5.41 Å². The second kappa shape index (κ2) is 11.4. The number of carbonyl (C=O) groups excluding carboxylic acids is 1. The second-order valence-electron chi connectivity index (χ2n) is 10.4. The topological polar surface area (TPSA) is 70.7 Å². The molecule has 5 rings (SSSR count). The van der Waals surface area contributed by atoms with Gasteiger partial charge in [-0.05, 0) is 69.0 Å². The maximum absolute atomic E-state index is 13.7. The molecular weight excluding hydrogens is 464 g/mol. The van der Waals surface area contributed by atoms with E-state index in [1.54, 1.807) is 7.11 Å². The number of methoxy groups -OCH3 is 1. The van der Waals surface area contributed by atoms with Crippen LogP contribution in [0.1, 0.15) is 43.2 Å². The zero-order valence-electron chi connectivity index (χ0n) is 22.0. The zero-order valence-corrected chi connectivity index (χ0v) is 22.0. The summed E-state index contributed by atoms with van der Waals surface area (Å²) in [5, 5.41) is 7.51. The molecule has 2 aliphatic heterocycles. The van der Waals surface area contributed by atoms with E-state index >= 15 is 0 Å². The number of hydrogen-bond donors (Lipinski definition) is 1. The van der Waals surface area contributed by atoms with Gasteiger partial charge < -0.3 is 14.4 Å². The fourth-order valence-corrected chi connectivity index (χ4v) is 5.84. The van der Waals surface area contributed by atoms with Gasteiger partial charge in [-0.3, -0.25) is 14.8 Å². The number of likely N-dealkylation sites (N-methyl/N-ethyl adjacent to an activating group) is 1. The van der Waals surface area contributed by atoms with E-state index in [4.69, 9.17) is 9.47 Å². The molecule has 1 N–H and O–H groups in total. The van der Waals surface area contributed by atoms with Crippen LogP contribution in [-0.2, 0) is 17.8 Å². The number of fused-ring (bicyclic) bond motifs is 1. The van der Waals surface area contributed by atoms with Crippen LogP contribution in [0.2, 0.25) is 0 Å². The minimum Gasteiger partial charge on any atom is -0.497 e. The van der Waals surface area contributed by atoms with Crippen LogP contribution in [0.15, 0.2) is 54.7 Å². The molecule has 0 bridgehead atoms. The molecule has 0 atom stereocenters. The van der Waals surface area contributed by atoms with Gasteiger partial charge in [-0.25, -0.2) is 0 Å². The number of rotatable bonds is 4. The van der Waals surface area contributed by atoms with E-state index in [-0.39, 0.29) is 11.3 Å². The van der Waals surface area contributed by atoms with Gasteiger partial charge in [0.25, 0.3) is 0 Å². The van der Waals surface area contributed by atoms with Crippen molar-refractivity contribution in [1.82, 2.24) is 20.0 Å². The van der Waals surface area contributed by atoms with Crippen molar-refractivity contribution >= 4 is 5.91 Å². The van der Waals surface area contributed by atoms with Crippen molar-refractivity contribution in [2.24, 2.45) is 5.41 Å². The number of aryl methyl sites for hydroxylation is 1. The van der Waals surface area contributed by atoms with Gasteiger partial charge in [0.1, 0.15) is 18.1 Å². The molecule has 1 fully saturated rings. The van der Waals surface area contributed by atoms with Crippen LogP contribution in [0.5, 0.6) is 11.5 Å². The van der Waals surface area contributed by atoms with Crippen molar-refractivity contribution < 1.29 is 14.3 Å². The summed E-state index contributed by atoms with van der Waals surface area (Å²) in [6, 6.07) is 16.4. The van der Waals surface area contributed by atoms with E-state index in [1.165, 1.54) is 11.1 Å².